The van der Waals surface area contributed by atoms with Crippen molar-refractivity contribution in [2.75, 3.05) is 19.6 Å². The predicted octanol–water partition coefficient (Wildman–Crippen LogP) is 1.39. The molecule has 3 heteroatoms. The molecular formula is C13H22N2O. The van der Waals surface area contributed by atoms with Crippen molar-refractivity contribution in [3.8, 4) is 0 Å². The number of rotatable bonds is 1. The minimum atomic E-state index is 0.271. The molecule has 4 fully saturated rings. The van der Waals surface area contributed by atoms with Crippen LogP contribution in [0.15, 0.2) is 0 Å². The van der Waals surface area contributed by atoms with Gasteiger partial charge in [0.25, 0.3) is 0 Å². The van der Waals surface area contributed by atoms with Crippen LogP contribution >= 0.6 is 0 Å². The van der Waals surface area contributed by atoms with Gasteiger partial charge in [0.05, 0.1) is 5.92 Å². The molecule has 1 atom stereocenters. The Labute approximate surface area is 97.6 Å². The molecule has 3 aliphatic heterocycles. The van der Waals surface area contributed by atoms with Crippen LogP contribution in [0.1, 0.15) is 38.5 Å². The minimum absolute atomic E-state index is 0.271. The smallest absolute Gasteiger partial charge is 0.227 e. The quantitative estimate of drug-likeness (QED) is 0.727. The van der Waals surface area contributed by atoms with Gasteiger partial charge in [-0.1, -0.05) is 0 Å². The summed E-state index contributed by atoms with van der Waals surface area (Å²) in [7, 11) is 0. The van der Waals surface area contributed by atoms with E-state index in [0.29, 0.717) is 11.9 Å². The summed E-state index contributed by atoms with van der Waals surface area (Å²) < 4.78 is 0. The summed E-state index contributed by atoms with van der Waals surface area (Å²) in [6.07, 6.45) is 7.50. The molecule has 0 radical (unpaired) electrons. The van der Waals surface area contributed by atoms with Crippen molar-refractivity contribution >= 4 is 5.91 Å². The average Bonchev–Trinajstić information content (AvgIpc) is 2.40. The van der Waals surface area contributed by atoms with Crippen LogP contribution in [0.5, 0.6) is 0 Å². The van der Waals surface area contributed by atoms with Gasteiger partial charge >= 0.3 is 0 Å². The van der Waals surface area contributed by atoms with E-state index in [1.165, 1.54) is 32.1 Å². The lowest BCUT2D eigenvalue weighted by Gasteiger charge is -2.46. The fourth-order valence-corrected chi connectivity index (χ4v) is 3.63. The molecule has 1 aliphatic carbocycles. The number of amides is 1. The third kappa shape index (κ3) is 1.86. The Morgan fingerprint density at radius 1 is 1.12 bits per heavy atom. The molecular weight excluding hydrogens is 200 g/mol. The van der Waals surface area contributed by atoms with E-state index in [9.17, 15) is 4.79 Å². The van der Waals surface area contributed by atoms with E-state index in [1.807, 2.05) is 0 Å². The Morgan fingerprint density at radius 3 is 2.50 bits per heavy atom. The van der Waals surface area contributed by atoms with Crippen molar-refractivity contribution in [2.45, 2.75) is 44.6 Å². The minimum Gasteiger partial charge on any atom is -0.339 e. The summed E-state index contributed by atoms with van der Waals surface area (Å²) in [5, 5.41) is 3.35. The number of nitrogens with one attached hydrogen (secondary N) is 1. The Balaban J connectivity index is 1.65. The molecule has 4 rings (SSSR count). The summed E-state index contributed by atoms with van der Waals surface area (Å²) in [5.74, 6) is 1.53. The van der Waals surface area contributed by atoms with Crippen molar-refractivity contribution in [2.24, 2.45) is 11.8 Å². The highest BCUT2D eigenvalue weighted by molar-refractivity contribution is 5.79. The molecule has 1 N–H and O–H groups in total. The molecule has 90 valence electrons. The van der Waals surface area contributed by atoms with Crippen molar-refractivity contribution in [3.05, 3.63) is 0 Å². The van der Waals surface area contributed by atoms with Crippen LogP contribution in [0, 0.1) is 11.8 Å². The van der Waals surface area contributed by atoms with Gasteiger partial charge in [-0.15, -0.1) is 0 Å². The lowest BCUT2D eigenvalue weighted by atomic mass is 9.79. The first kappa shape index (κ1) is 10.6. The van der Waals surface area contributed by atoms with Crippen LogP contribution in [0.4, 0.5) is 0 Å². The van der Waals surface area contributed by atoms with Crippen LogP contribution in [0.25, 0.3) is 0 Å². The molecule has 3 heterocycles. The van der Waals surface area contributed by atoms with Crippen LogP contribution in [0.2, 0.25) is 0 Å². The zero-order valence-electron chi connectivity index (χ0n) is 9.95. The van der Waals surface area contributed by atoms with Crippen LogP contribution in [-0.4, -0.2) is 36.5 Å². The molecule has 0 aromatic carbocycles. The Bertz CT molecular complexity index is 265. The fraction of sp³-hybridized carbons (Fsp3) is 0.923. The van der Waals surface area contributed by atoms with Crippen LogP contribution in [0.3, 0.4) is 0 Å². The lowest BCUT2D eigenvalue weighted by Crippen LogP contribution is -2.54. The molecule has 16 heavy (non-hydrogen) atoms. The van der Waals surface area contributed by atoms with Gasteiger partial charge in [0.1, 0.15) is 0 Å². The third-order valence-corrected chi connectivity index (χ3v) is 4.64. The molecule has 3 saturated heterocycles. The second-order valence-electron chi connectivity index (χ2n) is 5.71. The first-order chi connectivity index (χ1) is 7.84. The highest BCUT2D eigenvalue weighted by atomic mass is 16.2. The summed E-state index contributed by atoms with van der Waals surface area (Å²) in [6.45, 7) is 3.06. The van der Waals surface area contributed by atoms with Gasteiger partial charge in [0, 0.05) is 19.1 Å². The van der Waals surface area contributed by atoms with Gasteiger partial charge < -0.3 is 10.2 Å². The van der Waals surface area contributed by atoms with E-state index < -0.39 is 0 Å². The van der Waals surface area contributed by atoms with E-state index in [2.05, 4.69) is 10.2 Å². The maximum atomic E-state index is 12.4. The molecule has 4 aliphatic rings. The van der Waals surface area contributed by atoms with E-state index in [-0.39, 0.29) is 5.92 Å². The normalized spacial score (nSPS) is 38.8. The van der Waals surface area contributed by atoms with Crippen LogP contribution < -0.4 is 5.32 Å². The molecule has 2 bridgehead atoms. The van der Waals surface area contributed by atoms with E-state index in [4.69, 9.17) is 0 Å². The van der Waals surface area contributed by atoms with Gasteiger partial charge in [-0.2, -0.15) is 0 Å². The SMILES string of the molecule is O=C(C1CCCNC1)N1CC2CCC1CC2. The molecule has 0 aromatic heterocycles. The number of hydrogen-bond donors (Lipinski definition) is 1. The van der Waals surface area contributed by atoms with Gasteiger partial charge in [0.2, 0.25) is 5.91 Å². The number of piperidine rings is 3. The molecule has 0 spiro atoms. The Kier molecular flexibility index (Phi) is 2.88. The summed E-state index contributed by atoms with van der Waals surface area (Å²) in [6, 6.07) is 0.583. The monoisotopic (exact) mass is 222 g/mol. The van der Waals surface area contributed by atoms with Crippen LogP contribution in [-0.2, 0) is 4.79 Å². The molecule has 1 saturated carbocycles. The number of carbonyl (C=O) groups excluding carboxylic acids is 1. The average molecular weight is 222 g/mol. The first-order valence-corrected chi connectivity index (χ1v) is 6.86. The number of carbonyl (C=O) groups is 1. The highest BCUT2D eigenvalue weighted by Gasteiger charge is 2.38. The molecule has 3 nitrogen and oxygen atoms in total. The molecule has 0 aromatic rings. The largest absolute Gasteiger partial charge is 0.339 e. The Morgan fingerprint density at radius 2 is 1.94 bits per heavy atom. The Hall–Kier alpha value is -0.570. The summed E-state index contributed by atoms with van der Waals surface area (Å²) in [5.41, 5.74) is 0. The lowest BCUT2D eigenvalue weighted by molar-refractivity contribution is -0.143. The van der Waals surface area contributed by atoms with Gasteiger partial charge in [-0.05, 0) is 51.0 Å². The zero-order valence-corrected chi connectivity index (χ0v) is 9.95. The van der Waals surface area contributed by atoms with Gasteiger partial charge in [0.15, 0.2) is 0 Å². The third-order valence-electron chi connectivity index (χ3n) is 4.64. The standard InChI is InChI=1S/C13H22N2O/c16-13(11-2-1-7-14-8-11)15-9-10-3-5-12(15)6-4-10/h10-12,14H,1-9H2. The number of hydrogen-bond acceptors (Lipinski definition) is 2. The molecule has 1 unspecified atom stereocenters. The fourth-order valence-electron chi connectivity index (χ4n) is 3.63. The predicted molar refractivity (Wildman–Crippen MR) is 63.1 cm³/mol. The number of fused-ring (bicyclic) bond motifs is 3. The summed E-state index contributed by atoms with van der Waals surface area (Å²) in [4.78, 5) is 14.6. The first-order valence-electron chi connectivity index (χ1n) is 6.86. The highest BCUT2D eigenvalue weighted by Crippen LogP contribution is 2.35. The van der Waals surface area contributed by atoms with Crippen molar-refractivity contribution < 1.29 is 4.79 Å². The van der Waals surface area contributed by atoms with Crippen molar-refractivity contribution in [3.63, 3.8) is 0 Å². The maximum Gasteiger partial charge on any atom is 0.227 e. The van der Waals surface area contributed by atoms with E-state index in [0.717, 1.165) is 32.0 Å². The van der Waals surface area contributed by atoms with Gasteiger partial charge in [-0.3, -0.25) is 4.79 Å². The number of nitrogens with zero attached hydrogens (tertiary/aromatic N) is 1. The maximum absolute atomic E-state index is 12.4. The van der Waals surface area contributed by atoms with E-state index >= 15 is 0 Å². The van der Waals surface area contributed by atoms with Crippen molar-refractivity contribution in [1.29, 1.82) is 0 Å². The zero-order chi connectivity index (χ0) is 11.0. The second-order valence-corrected chi connectivity index (χ2v) is 5.71. The van der Waals surface area contributed by atoms with E-state index in [1.54, 1.807) is 0 Å². The summed E-state index contributed by atoms with van der Waals surface area (Å²) >= 11 is 0. The van der Waals surface area contributed by atoms with Gasteiger partial charge in [-0.25, -0.2) is 0 Å². The molecule has 1 amide bonds. The van der Waals surface area contributed by atoms with Crippen molar-refractivity contribution in [1.82, 2.24) is 10.2 Å². The topological polar surface area (TPSA) is 32.3 Å². The second kappa shape index (κ2) is 4.36.